The quantitative estimate of drug-likeness (QED) is 0.705. The molecule has 0 bridgehead atoms. The van der Waals surface area contributed by atoms with E-state index >= 15 is 0 Å². The smallest absolute Gasteiger partial charge is 0.303 e. The van der Waals surface area contributed by atoms with Gasteiger partial charge in [-0.05, 0) is 30.6 Å². The first kappa shape index (κ1) is 10.1. The highest BCUT2D eigenvalue weighted by atomic mass is 32.1. The molecule has 1 aliphatic carbocycles. The lowest BCUT2D eigenvalue weighted by molar-refractivity contribution is -0.136. The number of hydrogen-bond donors (Lipinski definition) is 1. The highest BCUT2D eigenvalue weighted by Crippen LogP contribution is 2.21. The van der Waals surface area contributed by atoms with Gasteiger partial charge in [0, 0.05) is 17.7 Å². The van der Waals surface area contributed by atoms with Crippen molar-refractivity contribution < 1.29 is 9.90 Å². The Balaban J connectivity index is 2.57. The molecule has 0 aromatic rings. The summed E-state index contributed by atoms with van der Waals surface area (Å²) in [6.45, 7) is 1.97. The molecule has 0 amide bonds. The van der Waals surface area contributed by atoms with E-state index in [9.17, 15) is 4.79 Å². The first-order chi connectivity index (χ1) is 6.09. The minimum Gasteiger partial charge on any atom is -0.481 e. The molecule has 70 valence electrons. The molecule has 13 heavy (non-hydrogen) atoms. The van der Waals surface area contributed by atoms with Crippen LogP contribution in [-0.2, 0) is 4.79 Å². The molecule has 0 saturated heterocycles. The van der Waals surface area contributed by atoms with Crippen LogP contribution in [0.1, 0.15) is 26.2 Å². The average molecular weight is 196 g/mol. The Labute approximate surface area is 83.0 Å². The maximum Gasteiger partial charge on any atom is 0.303 e. The lowest BCUT2D eigenvalue weighted by atomic mass is 9.95. The van der Waals surface area contributed by atoms with Crippen LogP contribution < -0.4 is 0 Å². The number of rotatable bonds is 3. The molecule has 1 aliphatic rings. The Morgan fingerprint density at radius 3 is 2.92 bits per heavy atom. The first-order valence-electron chi connectivity index (χ1n) is 4.22. The zero-order valence-electron chi connectivity index (χ0n) is 7.54. The predicted octanol–water partition coefficient (Wildman–Crippen LogP) is 2.50. The molecule has 1 N–H and O–H groups in total. The van der Waals surface area contributed by atoms with Crippen molar-refractivity contribution in [2.45, 2.75) is 26.2 Å². The minimum absolute atomic E-state index is 0.198. The van der Waals surface area contributed by atoms with Gasteiger partial charge in [0.05, 0.1) is 0 Å². The molecule has 0 radical (unpaired) electrons. The van der Waals surface area contributed by atoms with Crippen molar-refractivity contribution in [2.24, 2.45) is 0 Å². The van der Waals surface area contributed by atoms with Gasteiger partial charge in [-0.2, -0.15) is 0 Å². The minimum atomic E-state index is -0.748. The van der Waals surface area contributed by atoms with Gasteiger partial charge in [0.25, 0.3) is 0 Å². The Morgan fingerprint density at radius 2 is 2.38 bits per heavy atom. The summed E-state index contributed by atoms with van der Waals surface area (Å²) in [7, 11) is 0. The van der Waals surface area contributed by atoms with Crippen molar-refractivity contribution in [3.05, 3.63) is 23.3 Å². The van der Waals surface area contributed by atoms with Gasteiger partial charge in [0.1, 0.15) is 0 Å². The van der Waals surface area contributed by atoms with Crippen molar-refractivity contribution in [1.29, 1.82) is 0 Å². The van der Waals surface area contributed by atoms with Crippen LogP contribution in [0.3, 0.4) is 0 Å². The molecular weight excluding hydrogens is 184 g/mol. The van der Waals surface area contributed by atoms with Crippen molar-refractivity contribution in [2.75, 3.05) is 0 Å². The Bertz CT molecular complexity index is 300. The molecular formula is C10H12O2S. The summed E-state index contributed by atoms with van der Waals surface area (Å²) >= 11 is 5.03. The highest BCUT2D eigenvalue weighted by Gasteiger charge is 2.08. The van der Waals surface area contributed by atoms with Gasteiger partial charge in [0.15, 0.2) is 0 Å². The summed E-state index contributed by atoms with van der Waals surface area (Å²) in [5.74, 6) is -0.748. The van der Waals surface area contributed by atoms with Crippen molar-refractivity contribution in [3.63, 3.8) is 0 Å². The fourth-order valence-corrected chi connectivity index (χ4v) is 1.58. The van der Waals surface area contributed by atoms with Crippen molar-refractivity contribution in [3.8, 4) is 0 Å². The molecule has 2 nitrogen and oxygen atoms in total. The SMILES string of the molecule is CC1=CC(=S)CC=C1CCC(=O)O. The topological polar surface area (TPSA) is 37.3 Å². The normalized spacial score (nSPS) is 16.5. The number of carbonyl (C=O) groups is 1. The number of carboxylic acids is 1. The number of aliphatic carboxylic acids is 1. The van der Waals surface area contributed by atoms with E-state index in [-0.39, 0.29) is 6.42 Å². The molecule has 3 heteroatoms. The van der Waals surface area contributed by atoms with E-state index in [1.54, 1.807) is 0 Å². The third kappa shape index (κ3) is 3.11. The summed E-state index contributed by atoms with van der Waals surface area (Å²) in [4.78, 5) is 11.3. The lowest BCUT2D eigenvalue weighted by Gasteiger charge is -2.11. The van der Waals surface area contributed by atoms with Crippen molar-refractivity contribution in [1.82, 2.24) is 0 Å². The van der Waals surface area contributed by atoms with Gasteiger partial charge in [-0.25, -0.2) is 0 Å². The number of carboxylic acid groups (broad SMARTS) is 1. The van der Waals surface area contributed by atoms with Crippen molar-refractivity contribution >= 4 is 23.1 Å². The molecule has 0 aromatic carbocycles. The van der Waals surface area contributed by atoms with E-state index in [1.807, 2.05) is 19.1 Å². The van der Waals surface area contributed by atoms with Crippen LogP contribution >= 0.6 is 12.2 Å². The second kappa shape index (κ2) is 4.33. The fourth-order valence-electron chi connectivity index (χ4n) is 1.32. The fraction of sp³-hybridized carbons (Fsp3) is 0.400. The summed E-state index contributed by atoms with van der Waals surface area (Å²) in [6.07, 6.45) is 5.57. The number of hydrogen-bond acceptors (Lipinski definition) is 2. The first-order valence-corrected chi connectivity index (χ1v) is 4.63. The van der Waals surface area contributed by atoms with Crippen LogP contribution in [0.4, 0.5) is 0 Å². The van der Waals surface area contributed by atoms with Crippen LogP contribution in [0.2, 0.25) is 0 Å². The summed E-state index contributed by atoms with van der Waals surface area (Å²) < 4.78 is 0. The molecule has 0 atom stereocenters. The molecule has 0 fully saturated rings. The highest BCUT2D eigenvalue weighted by molar-refractivity contribution is 7.80. The zero-order valence-corrected chi connectivity index (χ0v) is 8.36. The van der Waals surface area contributed by atoms with Crippen LogP contribution in [-0.4, -0.2) is 15.9 Å². The van der Waals surface area contributed by atoms with E-state index in [2.05, 4.69) is 0 Å². The van der Waals surface area contributed by atoms with E-state index in [4.69, 9.17) is 17.3 Å². The summed E-state index contributed by atoms with van der Waals surface area (Å²) in [5, 5.41) is 8.51. The molecule has 0 aliphatic heterocycles. The van der Waals surface area contributed by atoms with Gasteiger partial charge in [-0.1, -0.05) is 18.3 Å². The maximum absolute atomic E-state index is 10.3. The van der Waals surface area contributed by atoms with Gasteiger partial charge >= 0.3 is 5.97 Å². The summed E-state index contributed by atoms with van der Waals surface area (Å²) in [6, 6.07) is 0. The molecule has 0 heterocycles. The van der Waals surface area contributed by atoms with Crippen LogP contribution in [0.5, 0.6) is 0 Å². The Kier molecular flexibility index (Phi) is 3.37. The lowest BCUT2D eigenvalue weighted by Crippen LogP contribution is -2.02. The third-order valence-corrected chi connectivity index (χ3v) is 2.33. The second-order valence-corrected chi connectivity index (χ2v) is 3.65. The number of allylic oxidation sites excluding steroid dienone is 4. The zero-order chi connectivity index (χ0) is 9.84. The van der Waals surface area contributed by atoms with Gasteiger partial charge in [-0.15, -0.1) is 0 Å². The third-order valence-electron chi connectivity index (χ3n) is 2.04. The molecule has 0 aromatic heterocycles. The Morgan fingerprint density at radius 1 is 1.69 bits per heavy atom. The van der Waals surface area contributed by atoms with Crippen LogP contribution in [0, 0.1) is 0 Å². The summed E-state index contributed by atoms with van der Waals surface area (Å²) in [5.41, 5.74) is 2.23. The van der Waals surface area contributed by atoms with E-state index in [0.717, 1.165) is 22.4 Å². The largest absolute Gasteiger partial charge is 0.481 e. The second-order valence-electron chi connectivity index (χ2n) is 3.12. The Hall–Kier alpha value is -0.960. The predicted molar refractivity (Wildman–Crippen MR) is 55.9 cm³/mol. The molecule has 0 unspecified atom stereocenters. The molecule has 0 saturated carbocycles. The van der Waals surface area contributed by atoms with Gasteiger partial charge in [-0.3, -0.25) is 4.79 Å². The standard InChI is InChI=1S/C10H12O2S/c1-7-6-9(13)4-2-8(7)3-5-10(11)12/h2,6H,3-5H2,1H3,(H,11,12). The van der Waals surface area contributed by atoms with Gasteiger partial charge < -0.3 is 5.11 Å². The van der Waals surface area contributed by atoms with Crippen LogP contribution in [0.25, 0.3) is 0 Å². The van der Waals surface area contributed by atoms with E-state index in [1.165, 1.54) is 0 Å². The maximum atomic E-state index is 10.3. The monoisotopic (exact) mass is 196 g/mol. The van der Waals surface area contributed by atoms with E-state index < -0.39 is 5.97 Å². The molecule has 0 spiro atoms. The van der Waals surface area contributed by atoms with Gasteiger partial charge in [0.2, 0.25) is 0 Å². The van der Waals surface area contributed by atoms with Crippen LogP contribution in [0.15, 0.2) is 23.3 Å². The average Bonchev–Trinajstić information content (AvgIpc) is 2.02. The molecule has 1 rings (SSSR count). The number of thiocarbonyl (C=S) groups is 1. The van der Waals surface area contributed by atoms with E-state index in [0.29, 0.717) is 6.42 Å².